The number of piperazine rings is 2. The van der Waals surface area contributed by atoms with Gasteiger partial charge in [-0.15, -0.1) is 46.7 Å². The molecule has 0 aliphatic carbocycles. The molecule has 0 bridgehead atoms. The van der Waals surface area contributed by atoms with Gasteiger partial charge in [-0.25, -0.2) is 9.97 Å². The number of rotatable bonds is 11. The van der Waals surface area contributed by atoms with E-state index in [1.165, 1.54) is 41.9 Å². The van der Waals surface area contributed by atoms with Gasteiger partial charge in [-0.2, -0.15) is 0 Å². The second-order valence-electron chi connectivity index (χ2n) is 17.9. The zero-order valence-electron chi connectivity index (χ0n) is 42.0. The number of nitrogens with one attached hydrogen (secondary N) is 1. The van der Waals surface area contributed by atoms with Crippen molar-refractivity contribution in [3.63, 3.8) is 0 Å². The third kappa shape index (κ3) is 15.1. The van der Waals surface area contributed by atoms with E-state index in [1.807, 2.05) is 19.1 Å². The number of anilines is 1. The number of hydrogen-bond acceptors (Lipinski definition) is 16. The number of ether oxygens (including phenoxy) is 2. The maximum atomic E-state index is 13.4. The fourth-order valence-electron chi connectivity index (χ4n) is 8.01. The fraction of sp³-hybridized carbons (Fsp3) is 0.308. The lowest BCUT2D eigenvalue weighted by atomic mass is 10.2. The molecule has 2 aliphatic rings. The van der Waals surface area contributed by atoms with Gasteiger partial charge in [0.1, 0.15) is 33.6 Å². The summed E-state index contributed by atoms with van der Waals surface area (Å²) in [5.41, 5.74) is 3.73. The minimum atomic E-state index is -4.79. The smallest absolute Gasteiger partial charge is 0.416 e. The molecule has 0 saturated carbocycles. The first-order valence-corrected chi connectivity index (χ1v) is 24.3. The molecule has 8 aromatic rings. The molecule has 2 aromatic carbocycles. The Kier molecular flexibility index (Phi) is 17.5. The number of likely N-dealkylation sites (N-methyl/N-ethyl adjacent to an activating group) is 2. The van der Waals surface area contributed by atoms with Gasteiger partial charge in [-0.05, 0) is 136 Å². The van der Waals surface area contributed by atoms with Crippen molar-refractivity contribution >= 4 is 17.4 Å². The summed E-state index contributed by atoms with van der Waals surface area (Å²) < 4.78 is 96.4. The summed E-state index contributed by atoms with van der Waals surface area (Å²) in [7, 11) is 4.25. The van der Waals surface area contributed by atoms with Crippen LogP contribution in [0, 0.1) is 13.8 Å². The molecule has 0 radical (unpaired) electrons. The normalized spacial score (nSPS) is 14.3. The van der Waals surface area contributed by atoms with Crippen LogP contribution in [0.3, 0.4) is 0 Å². The number of nitrogens with zero attached hydrogens (tertiary/aromatic N) is 11. The summed E-state index contributed by atoms with van der Waals surface area (Å²) in [6.45, 7) is 12.7. The Hall–Kier alpha value is -7.93. The van der Waals surface area contributed by atoms with E-state index in [4.69, 9.17) is 20.4 Å². The van der Waals surface area contributed by atoms with Gasteiger partial charge >= 0.3 is 12.7 Å². The summed E-state index contributed by atoms with van der Waals surface area (Å²) in [4.78, 5) is 41.8. The Labute approximate surface area is 441 Å². The molecule has 18 nitrogen and oxygen atoms in total. The monoisotopic (exact) mass is 1090 g/mol. The topological polar surface area (TPSA) is 188 Å². The first-order chi connectivity index (χ1) is 36.7. The first-order valence-electron chi connectivity index (χ1n) is 23.9. The lowest BCUT2D eigenvalue weighted by Gasteiger charge is -2.33. The van der Waals surface area contributed by atoms with E-state index in [-0.39, 0.29) is 63.9 Å². The highest BCUT2D eigenvalue weighted by atomic mass is 35.5. The highest BCUT2D eigenvalue weighted by molar-refractivity contribution is 6.29. The zero-order chi connectivity index (χ0) is 54.9. The Bertz CT molecular complexity index is 3370. The van der Waals surface area contributed by atoms with Gasteiger partial charge in [-0.3, -0.25) is 9.59 Å². The molecule has 2 saturated heterocycles. The first kappa shape index (κ1) is 55.3. The molecule has 6 aromatic heterocycles. The molecule has 2 aliphatic heterocycles. The minimum absolute atomic E-state index is 0.0119. The van der Waals surface area contributed by atoms with E-state index in [9.17, 15) is 35.9 Å². The van der Waals surface area contributed by atoms with E-state index < -0.39 is 12.7 Å². The maximum absolute atomic E-state index is 13.4. The predicted molar refractivity (Wildman–Crippen MR) is 273 cm³/mol. The minimum Gasteiger partial charge on any atom is -0.416 e. The highest BCUT2D eigenvalue weighted by Gasteiger charge is 2.32. The van der Waals surface area contributed by atoms with Crippen molar-refractivity contribution < 1.29 is 44.7 Å². The van der Waals surface area contributed by atoms with Crippen LogP contribution in [0.1, 0.15) is 22.5 Å². The summed E-state index contributed by atoms with van der Waals surface area (Å²) in [5.74, 6) is 0.255. The van der Waals surface area contributed by atoms with Crippen LogP contribution in [-0.4, -0.2) is 128 Å². The van der Waals surface area contributed by atoms with E-state index in [1.54, 1.807) is 60.3 Å². The maximum Gasteiger partial charge on any atom is 0.573 e. The van der Waals surface area contributed by atoms with Gasteiger partial charge in [-0.1, -0.05) is 11.6 Å². The highest BCUT2D eigenvalue weighted by Crippen LogP contribution is 2.30. The van der Waals surface area contributed by atoms with Crippen LogP contribution in [0.5, 0.6) is 11.5 Å². The van der Waals surface area contributed by atoms with E-state index in [0.717, 1.165) is 86.2 Å². The zero-order valence-corrected chi connectivity index (χ0v) is 42.7. The average molecular weight is 1090 g/mol. The van der Waals surface area contributed by atoms with Crippen LogP contribution in [0.4, 0.5) is 32.2 Å². The standard InChI is InChI=1S/C26H25F3N6O3.C21H14ClF3N4O3.C5H12N2/c1-17-3-8-21(24-32-31-23(37-24)19-4-6-20(7-5-19)38-26(27,28)29)25(36)35(17)16-18-9-10-30-22(15-18)34-13-11-33(2)12-14-34;1-12-2-7-16(20(30)29(12)11-13-8-9-26-17(22)10-13)19-28-27-18(31-19)14-3-5-15(6-4-14)32-21(23,24)25;1-7-4-2-6-3-5-7/h3-10,15H,11-14,16H2,1-2H3;2-10H,11H2,1H3;6H,2-5H2,1H3. The quantitative estimate of drug-likeness (QED) is 0.0961. The number of benzene rings is 2. The SMILES string of the molecule is CN1CCNCC1.Cc1ccc(-c2nnc(-c3ccc(OC(F)(F)F)cc3)o2)c(=O)n1Cc1ccnc(Cl)c1.Cc1ccc(-c2nnc(-c3ccc(OC(F)(F)F)cc3)o2)c(=O)n1Cc1ccnc(N2CCN(C)CC2)c1. The predicted octanol–water partition coefficient (Wildman–Crippen LogP) is 8.36. The largest absolute Gasteiger partial charge is 0.573 e. The molecule has 77 heavy (non-hydrogen) atoms. The Morgan fingerprint density at radius 3 is 1.42 bits per heavy atom. The Morgan fingerprint density at radius 2 is 0.987 bits per heavy atom. The van der Waals surface area contributed by atoms with Gasteiger partial charge in [0.25, 0.3) is 22.9 Å². The molecule has 10 rings (SSSR count). The van der Waals surface area contributed by atoms with Crippen LogP contribution in [-0.2, 0) is 13.1 Å². The van der Waals surface area contributed by atoms with Crippen molar-refractivity contribution in [3.05, 3.63) is 158 Å². The van der Waals surface area contributed by atoms with Crippen LogP contribution >= 0.6 is 11.6 Å². The second-order valence-corrected chi connectivity index (χ2v) is 18.3. The molecule has 1 N–H and O–H groups in total. The molecule has 0 spiro atoms. The molecular weight excluding hydrogens is 1040 g/mol. The third-order valence-corrected chi connectivity index (χ3v) is 12.4. The van der Waals surface area contributed by atoms with Gasteiger partial charge < -0.3 is 47.5 Å². The van der Waals surface area contributed by atoms with E-state index >= 15 is 0 Å². The van der Waals surface area contributed by atoms with Gasteiger partial charge in [0.05, 0.1) is 13.1 Å². The molecule has 0 atom stereocenters. The van der Waals surface area contributed by atoms with Crippen LogP contribution < -0.4 is 30.8 Å². The number of pyridine rings is 4. The number of alkyl halides is 6. The molecule has 0 unspecified atom stereocenters. The van der Waals surface area contributed by atoms with Gasteiger partial charge in [0.15, 0.2) is 0 Å². The number of aromatic nitrogens is 8. The van der Waals surface area contributed by atoms with Crippen LogP contribution in [0.2, 0.25) is 5.15 Å². The Balaban J connectivity index is 0.000000182. The van der Waals surface area contributed by atoms with Crippen molar-refractivity contribution in [1.29, 1.82) is 0 Å². The summed E-state index contributed by atoms with van der Waals surface area (Å²) >= 11 is 5.92. The summed E-state index contributed by atoms with van der Waals surface area (Å²) in [6.07, 6.45) is -6.27. The number of aryl methyl sites for hydroxylation is 2. The number of hydrogen-bond donors (Lipinski definition) is 1. The van der Waals surface area contributed by atoms with E-state index in [0.29, 0.717) is 28.5 Å². The molecule has 25 heteroatoms. The van der Waals surface area contributed by atoms with Crippen molar-refractivity contribution in [3.8, 4) is 57.3 Å². The molecule has 8 heterocycles. The van der Waals surface area contributed by atoms with Crippen LogP contribution in [0.15, 0.2) is 128 Å². The van der Waals surface area contributed by atoms with Crippen molar-refractivity contribution in [2.45, 2.75) is 39.7 Å². The van der Waals surface area contributed by atoms with Crippen molar-refractivity contribution in [2.75, 3.05) is 71.4 Å². The molecule has 0 amide bonds. The summed E-state index contributed by atoms with van der Waals surface area (Å²) in [5, 5.41) is 19.4. The molecule has 404 valence electrons. The lowest BCUT2D eigenvalue weighted by molar-refractivity contribution is -0.275. The van der Waals surface area contributed by atoms with Gasteiger partial charge in [0.2, 0.25) is 11.8 Å². The fourth-order valence-corrected chi connectivity index (χ4v) is 8.20. The number of halogens is 7. The molecular formula is C52H51ClF6N12O6. The summed E-state index contributed by atoms with van der Waals surface area (Å²) in [6, 6.07) is 24.0. The van der Waals surface area contributed by atoms with E-state index in [2.05, 4.69) is 73.9 Å². The van der Waals surface area contributed by atoms with Gasteiger partial charge in [0, 0.05) is 87.3 Å². The second kappa shape index (κ2) is 24.4. The van der Waals surface area contributed by atoms with Crippen molar-refractivity contribution in [2.24, 2.45) is 0 Å². The molecule has 2 fully saturated rings. The Morgan fingerprint density at radius 1 is 0.558 bits per heavy atom. The average Bonchev–Trinajstić information content (AvgIpc) is 4.09. The van der Waals surface area contributed by atoms with Crippen LogP contribution in [0.25, 0.3) is 45.8 Å². The third-order valence-electron chi connectivity index (χ3n) is 12.2. The lowest BCUT2D eigenvalue weighted by Crippen LogP contribution is -2.44. The van der Waals surface area contributed by atoms with Crippen molar-refractivity contribution in [1.82, 2.24) is 54.6 Å².